The molecule has 1 amide bonds. The molecule has 6 heteroatoms. The van der Waals surface area contributed by atoms with E-state index in [0.717, 1.165) is 44.0 Å². The zero-order valence-corrected chi connectivity index (χ0v) is 14.9. The van der Waals surface area contributed by atoms with Crippen LogP contribution in [-0.4, -0.2) is 60.5 Å². The summed E-state index contributed by atoms with van der Waals surface area (Å²) < 4.78 is 6.93. The van der Waals surface area contributed by atoms with Crippen molar-refractivity contribution in [2.45, 2.75) is 13.3 Å². The minimum Gasteiger partial charge on any atom is -0.383 e. The molecule has 1 aliphatic heterocycles. The summed E-state index contributed by atoms with van der Waals surface area (Å²) in [7, 11) is 1.73. The molecule has 134 valence electrons. The van der Waals surface area contributed by atoms with Crippen LogP contribution in [0.25, 0.3) is 5.69 Å². The second-order valence-electron chi connectivity index (χ2n) is 6.58. The van der Waals surface area contributed by atoms with Crippen LogP contribution in [0.1, 0.15) is 22.6 Å². The van der Waals surface area contributed by atoms with Crippen molar-refractivity contribution in [3.05, 3.63) is 47.8 Å². The molecule has 0 spiro atoms. The number of methoxy groups -OCH3 is 1. The summed E-state index contributed by atoms with van der Waals surface area (Å²) in [5.74, 6) is 0.395. The lowest BCUT2D eigenvalue weighted by Gasteiger charge is -2.15. The smallest absolute Gasteiger partial charge is 0.271 e. The molecule has 2 heterocycles. The molecular formula is C19H26N4O2. The van der Waals surface area contributed by atoms with Gasteiger partial charge in [0, 0.05) is 32.4 Å². The van der Waals surface area contributed by atoms with E-state index in [9.17, 15) is 4.79 Å². The zero-order chi connectivity index (χ0) is 17.6. The van der Waals surface area contributed by atoms with E-state index in [4.69, 9.17) is 4.74 Å². The lowest BCUT2D eigenvalue weighted by atomic mass is 10.1. The number of carbonyl (C=O) groups excluding carboxylic acids is 1. The number of hydrogen-bond acceptors (Lipinski definition) is 4. The fourth-order valence-electron chi connectivity index (χ4n) is 3.25. The van der Waals surface area contributed by atoms with Crippen molar-refractivity contribution in [2.75, 3.05) is 39.9 Å². The number of rotatable bonds is 7. The summed E-state index contributed by atoms with van der Waals surface area (Å²) in [4.78, 5) is 14.8. The zero-order valence-electron chi connectivity index (χ0n) is 14.9. The summed E-state index contributed by atoms with van der Waals surface area (Å²) in [6.07, 6.45) is 1.11. The van der Waals surface area contributed by atoms with Gasteiger partial charge in [-0.2, -0.15) is 5.10 Å². The molecule has 1 saturated heterocycles. The maximum atomic E-state index is 12.4. The van der Waals surface area contributed by atoms with Crippen molar-refractivity contribution in [3.8, 4) is 5.69 Å². The van der Waals surface area contributed by atoms with E-state index in [1.54, 1.807) is 11.8 Å². The molecular weight excluding hydrogens is 316 g/mol. The minimum absolute atomic E-state index is 0.104. The molecule has 25 heavy (non-hydrogen) atoms. The first kappa shape index (κ1) is 17.6. The molecule has 0 radical (unpaired) electrons. The number of hydrogen-bond donors (Lipinski definition) is 1. The van der Waals surface area contributed by atoms with Crippen LogP contribution < -0.4 is 5.32 Å². The van der Waals surface area contributed by atoms with Gasteiger partial charge in [0.25, 0.3) is 5.91 Å². The van der Waals surface area contributed by atoms with Crippen molar-refractivity contribution < 1.29 is 9.53 Å². The Morgan fingerprint density at radius 3 is 2.92 bits per heavy atom. The lowest BCUT2D eigenvalue weighted by Crippen LogP contribution is -2.32. The number of aromatic nitrogens is 2. The third-order valence-electron chi connectivity index (χ3n) is 4.65. The van der Waals surface area contributed by atoms with Crippen molar-refractivity contribution in [1.29, 1.82) is 0 Å². The van der Waals surface area contributed by atoms with Gasteiger partial charge in [-0.3, -0.25) is 4.79 Å². The summed E-state index contributed by atoms with van der Waals surface area (Å²) in [5.41, 5.74) is 2.38. The number of ether oxygens (including phenoxy) is 1. The summed E-state index contributed by atoms with van der Waals surface area (Å²) in [6, 6.07) is 11.7. The fourth-order valence-corrected chi connectivity index (χ4v) is 3.25. The van der Waals surface area contributed by atoms with Crippen LogP contribution in [-0.2, 0) is 4.74 Å². The van der Waals surface area contributed by atoms with Gasteiger partial charge in [0.15, 0.2) is 5.69 Å². The molecule has 3 rings (SSSR count). The largest absolute Gasteiger partial charge is 0.383 e. The van der Waals surface area contributed by atoms with E-state index in [1.165, 1.54) is 0 Å². The highest BCUT2D eigenvalue weighted by Crippen LogP contribution is 2.15. The number of likely N-dealkylation sites (tertiary alicyclic amines) is 1. The Balaban J connectivity index is 1.54. The van der Waals surface area contributed by atoms with E-state index in [2.05, 4.69) is 15.3 Å². The number of nitrogens with one attached hydrogen (secondary N) is 1. The molecule has 0 unspecified atom stereocenters. The van der Waals surface area contributed by atoms with Crippen molar-refractivity contribution in [2.24, 2.45) is 5.92 Å². The van der Waals surface area contributed by atoms with Crippen LogP contribution in [0.2, 0.25) is 0 Å². The van der Waals surface area contributed by atoms with Crippen LogP contribution in [0, 0.1) is 12.8 Å². The molecule has 1 aromatic heterocycles. The summed E-state index contributed by atoms with van der Waals surface area (Å²) >= 11 is 0. The fraction of sp³-hybridized carbons (Fsp3) is 0.474. The second-order valence-corrected chi connectivity index (χ2v) is 6.58. The monoisotopic (exact) mass is 342 g/mol. The lowest BCUT2D eigenvalue weighted by molar-refractivity contribution is 0.0941. The van der Waals surface area contributed by atoms with E-state index in [1.807, 2.05) is 43.3 Å². The van der Waals surface area contributed by atoms with E-state index < -0.39 is 0 Å². The number of para-hydroxylation sites is 1. The van der Waals surface area contributed by atoms with E-state index >= 15 is 0 Å². The first-order chi connectivity index (χ1) is 12.2. The maximum Gasteiger partial charge on any atom is 0.271 e. The molecule has 0 aliphatic carbocycles. The molecule has 2 aromatic rings. The van der Waals surface area contributed by atoms with Crippen LogP contribution in [0.3, 0.4) is 0 Å². The Bertz CT molecular complexity index is 699. The van der Waals surface area contributed by atoms with Crippen molar-refractivity contribution >= 4 is 5.91 Å². The molecule has 1 atom stereocenters. The van der Waals surface area contributed by atoms with Gasteiger partial charge in [0.2, 0.25) is 0 Å². The van der Waals surface area contributed by atoms with Crippen LogP contribution in [0.5, 0.6) is 0 Å². The first-order valence-electron chi connectivity index (χ1n) is 8.79. The maximum absolute atomic E-state index is 12.4. The highest BCUT2D eigenvalue weighted by atomic mass is 16.5. The number of amides is 1. The summed E-state index contributed by atoms with van der Waals surface area (Å²) in [5, 5.41) is 7.50. The molecule has 0 saturated carbocycles. The Morgan fingerprint density at radius 1 is 1.36 bits per heavy atom. The van der Waals surface area contributed by atoms with Crippen LogP contribution in [0.4, 0.5) is 0 Å². The second kappa shape index (κ2) is 8.27. The molecule has 1 aromatic carbocycles. The van der Waals surface area contributed by atoms with Gasteiger partial charge in [-0.05, 0) is 44.0 Å². The summed E-state index contributed by atoms with van der Waals surface area (Å²) in [6.45, 7) is 6.46. The first-order valence-corrected chi connectivity index (χ1v) is 8.79. The SMILES string of the molecule is COCCN1CC[C@H](CNC(=O)c2cc(C)n(-c3ccccc3)n2)C1. The standard InChI is InChI=1S/C19H26N4O2/c1-15-12-18(21-23(15)17-6-4-3-5-7-17)19(24)20-13-16-8-9-22(14-16)10-11-25-2/h3-7,12,16H,8-11,13-14H2,1-2H3,(H,20,24)/t16-/m1/s1. The molecule has 1 aliphatic rings. The normalized spacial score (nSPS) is 17.8. The average molecular weight is 342 g/mol. The minimum atomic E-state index is -0.104. The number of carbonyl (C=O) groups is 1. The van der Waals surface area contributed by atoms with Gasteiger partial charge in [-0.25, -0.2) is 4.68 Å². The quantitative estimate of drug-likeness (QED) is 0.835. The highest BCUT2D eigenvalue weighted by Gasteiger charge is 2.23. The van der Waals surface area contributed by atoms with Crippen molar-refractivity contribution in [3.63, 3.8) is 0 Å². The number of aryl methyl sites for hydroxylation is 1. The Labute approximate surface area is 148 Å². The third kappa shape index (κ3) is 4.46. The molecule has 6 nitrogen and oxygen atoms in total. The number of nitrogens with zero attached hydrogens (tertiary/aromatic N) is 3. The van der Waals surface area contributed by atoms with Crippen LogP contribution >= 0.6 is 0 Å². The predicted octanol–water partition coefficient (Wildman–Crippen LogP) is 1.88. The third-order valence-corrected chi connectivity index (χ3v) is 4.65. The number of benzene rings is 1. The Hall–Kier alpha value is -2.18. The highest BCUT2D eigenvalue weighted by molar-refractivity contribution is 5.92. The molecule has 1 fully saturated rings. The van der Waals surface area contributed by atoms with Gasteiger partial charge >= 0.3 is 0 Å². The van der Waals surface area contributed by atoms with Gasteiger partial charge in [-0.1, -0.05) is 18.2 Å². The molecule has 1 N–H and O–H groups in total. The van der Waals surface area contributed by atoms with E-state index in [-0.39, 0.29) is 5.91 Å². The Morgan fingerprint density at radius 2 is 2.16 bits per heavy atom. The molecule has 0 bridgehead atoms. The average Bonchev–Trinajstić information content (AvgIpc) is 3.25. The van der Waals surface area contributed by atoms with Crippen LogP contribution in [0.15, 0.2) is 36.4 Å². The predicted molar refractivity (Wildman–Crippen MR) is 97.1 cm³/mol. The van der Waals surface area contributed by atoms with Gasteiger partial charge in [0.05, 0.1) is 12.3 Å². The topological polar surface area (TPSA) is 59.4 Å². The Kier molecular flexibility index (Phi) is 5.83. The van der Waals surface area contributed by atoms with Gasteiger partial charge < -0.3 is 15.0 Å². The van der Waals surface area contributed by atoms with Gasteiger partial charge in [0.1, 0.15) is 0 Å². The van der Waals surface area contributed by atoms with E-state index in [0.29, 0.717) is 18.2 Å². The van der Waals surface area contributed by atoms with Crippen molar-refractivity contribution in [1.82, 2.24) is 20.0 Å². The van der Waals surface area contributed by atoms with Gasteiger partial charge in [-0.15, -0.1) is 0 Å².